The van der Waals surface area contributed by atoms with Crippen LogP contribution < -0.4 is 9.64 Å². The summed E-state index contributed by atoms with van der Waals surface area (Å²) in [4.78, 5) is 5.13. The van der Waals surface area contributed by atoms with E-state index < -0.39 is 8.32 Å². The van der Waals surface area contributed by atoms with Crippen molar-refractivity contribution < 1.29 is 9.16 Å². The molecule has 0 aromatic heterocycles. The molecule has 36 heavy (non-hydrogen) atoms. The Bertz CT molecular complexity index is 1040. The summed E-state index contributed by atoms with van der Waals surface area (Å²) in [7, 11) is -0.174. The summed E-state index contributed by atoms with van der Waals surface area (Å²) in [5.74, 6) is 0.893. The van der Waals surface area contributed by atoms with Crippen LogP contribution in [0.2, 0.25) is 18.1 Å². The average molecular weight is 503 g/mol. The van der Waals surface area contributed by atoms with E-state index in [2.05, 4.69) is 129 Å². The monoisotopic (exact) mass is 502 g/mol. The molecule has 5 heteroatoms. The molecule has 0 aliphatic carbocycles. The first-order valence-corrected chi connectivity index (χ1v) is 16.0. The zero-order valence-electron chi connectivity index (χ0n) is 22.8. The average Bonchev–Trinajstić information content (AvgIpc) is 3.65. The van der Waals surface area contributed by atoms with Crippen LogP contribution in [0.1, 0.15) is 31.9 Å². The van der Waals surface area contributed by atoms with Gasteiger partial charge < -0.3 is 14.1 Å². The Morgan fingerprint density at radius 1 is 0.861 bits per heavy atom. The molecule has 0 radical (unpaired) electrons. The van der Waals surface area contributed by atoms with Crippen molar-refractivity contribution in [3.05, 3.63) is 96.1 Å². The minimum atomic E-state index is -1.89. The molecule has 1 aliphatic rings. The van der Waals surface area contributed by atoms with E-state index in [-0.39, 0.29) is 11.1 Å². The van der Waals surface area contributed by atoms with Crippen LogP contribution in [0, 0.1) is 0 Å². The predicted molar refractivity (Wildman–Crippen MR) is 153 cm³/mol. The van der Waals surface area contributed by atoms with E-state index in [0.717, 1.165) is 32.0 Å². The van der Waals surface area contributed by atoms with Crippen molar-refractivity contribution in [1.82, 2.24) is 4.90 Å². The maximum Gasteiger partial charge on any atom is 0.192 e. The van der Waals surface area contributed by atoms with Gasteiger partial charge in [0, 0.05) is 25.3 Å². The lowest BCUT2D eigenvalue weighted by Crippen LogP contribution is -2.48. The standard InChI is InChI=1S/C31H42N2O2Si/c1-31(2,3)36(5,6)35-24-30(29-23-33(29)27-17-19-28(34-4)20-18-27)32(21-25-13-9-7-10-14-25)22-26-15-11-8-12-16-26/h7-20,29-30H,21-24H2,1-6H3/t29-,30+,33?/m0/s1. The summed E-state index contributed by atoms with van der Waals surface area (Å²) in [6.45, 7) is 15.3. The van der Waals surface area contributed by atoms with Crippen molar-refractivity contribution in [2.24, 2.45) is 0 Å². The van der Waals surface area contributed by atoms with Crippen LogP contribution >= 0.6 is 0 Å². The Hall–Kier alpha value is -2.60. The molecule has 3 aromatic rings. The summed E-state index contributed by atoms with van der Waals surface area (Å²) in [6.07, 6.45) is 0. The molecule has 0 saturated carbocycles. The zero-order valence-corrected chi connectivity index (χ0v) is 23.8. The van der Waals surface area contributed by atoms with Crippen LogP contribution in [0.15, 0.2) is 84.9 Å². The third-order valence-electron chi connectivity index (χ3n) is 7.85. The van der Waals surface area contributed by atoms with E-state index >= 15 is 0 Å². The van der Waals surface area contributed by atoms with Gasteiger partial charge in [0.05, 0.1) is 25.8 Å². The Labute approximate surface area is 219 Å². The second-order valence-corrected chi connectivity index (χ2v) is 16.2. The third kappa shape index (κ3) is 6.58. The SMILES string of the molecule is COc1ccc(N2C[C@H]2[C@@H](CO[Si](C)(C)C(C)(C)C)N(Cc2ccccc2)Cc2ccccc2)cc1. The normalized spacial score (nSPS) is 16.8. The van der Waals surface area contributed by atoms with Crippen LogP contribution in [0.3, 0.4) is 0 Å². The summed E-state index contributed by atoms with van der Waals surface area (Å²) < 4.78 is 12.3. The molecule has 0 spiro atoms. The van der Waals surface area contributed by atoms with Gasteiger partial charge in [-0.25, -0.2) is 0 Å². The van der Waals surface area contributed by atoms with Crippen LogP contribution in [0.5, 0.6) is 5.75 Å². The number of rotatable bonds is 11. The number of ether oxygens (including phenoxy) is 1. The van der Waals surface area contributed by atoms with Crippen molar-refractivity contribution in [3.63, 3.8) is 0 Å². The minimum absolute atomic E-state index is 0.181. The maximum atomic E-state index is 6.89. The minimum Gasteiger partial charge on any atom is -0.497 e. The van der Waals surface area contributed by atoms with E-state index in [4.69, 9.17) is 9.16 Å². The molecule has 1 aliphatic heterocycles. The molecule has 4 rings (SSSR count). The smallest absolute Gasteiger partial charge is 0.192 e. The van der Waals surface area contributed by atoms with Crippen molar-refractivity contribution >= 4 is 14.0 Å². The van der Waals surface area contributed by atoms with E-state index in [9.17, 15) is 0 Å². The number of benzene rings is 3. The topological polar surface area (TPSA) is 24.7 Å². The Morgan fingerprint density at radius 2 is 1.39 bits per heavy atom. The van der Waals surface area contributed by atoms with Gasteiger partial charge in [-0.2, -0.15) is 0 Å². The molecule has 0 N–H and O–H groups in total. The van der Waals surface area contributed by atoms with Crippen LogP contribution in [0.25, 0.3) is 0 Å². The van der Waals surface area contributed by atoms with Crippen molar-refractivity contribution in [2.75, 3.05) is 25.2 Å². The number of hydrogen-bond acceptors (Lipinski definition) is 4. The molecule has 3 aromatic carbocycles. The highest BCUT2D eigenvalue weighted by Crippen LogP contribution is 2.39. The number of anilines is 1. The molecule has 192 valence electrons. The number of hydrogen-bond donors (Lipinski definition) is 0. The lowest BCUT2D eigenvalue weighted by Gasteiger charge is -2.39. The quantitative estimate of drug-likeness (QED) is 0.209. The Morgan fingerprint density at radius 3 is 1.86 bits per heavy atom. The first kappa shape index (κ1) is 26.5. The molecule has 0 bridgehead atoms. The van der Waals surface area contributed by atoms with Gasteiger partial charge in [-0.15, -0.1) is 0 Å². The lowest BCUT2D eigenvalue weighted by atomic mass is 10.1. The highest BCUT2D eigenvalue weighted by molar-refractivity contribution is 6.74. The summed E-state index contributed by atoms with van der Waals surface area (Å²) in [5.41, 5.74) is 3.92. The predicted octanol–water partition coefficient (Wildman–Crippen LogP) is 6.98. The second kappa shape index (κ2) is 11.2. The molecule has 4 nitrogen and oxygen atoms in total. The summed E-state index contributed by atoms with van der Waals surface area (Å²) in [5, 5.41) is 0.181. The third-order valence-corrected chi connectivity index (χ3v) is 12.3. The van der Waals surface area contributed by atoms with Crippen molar-refractivity contribution in [1.29, 1.82) is 0 Å². The van der Waals surface area contributed by atoms with Gasteiger partial charge in [0.2, 0.25) is 0 Å². The van der Waals surface area contributed by atoms with E-state index in [0.29, 0.717) is 6.04 Å². The number of methoxy groups -OCH3 is 1. The van der Waals surface area contributed by atoms with Crippen LogP contribution in [0.4, 0.5) is 5.69 Å². The fourth-order valence-corrected chi connectivity index (χ4v) is 5.47. The largest absolute Gasteiger partial charge is 0.497 e. The zero-order chi connectivity index (χ0) is 25.8. The molecule has 1 fully saturated rings. The molecule has 0 unspecified atom stereocenters. The van der Waals surface area contributed by atoms with Gasteiger partial charge in [-0.3, -0.25) is 4.90 Å². The first-order chi connectivity index (χ1) is 17.2. The van der Waals surface area contributed by atoms with E-state index in [1.165, 1.54) is 16.8 Å². The van der Waals surface area contributed by atoms with Gasteiger partial charge in [0.25, 0.3) is 0 Å². The maximum absolute atomic E-state index is 6.89. The summed E-state index contributed by atoms with van der Waals surface area (Å²) in [6, 6.07) is 30.8. The van der Waals surface area contributed by atoms with Crippen molar-refractivity contribution in [2.45, 2.75) is 64.1 Å². The van der Waals surface area contributed by atoms with Gasteiger partial charge in [-0.1, -0.05) is 81.4 Å². The van der Waals surface area contributed by atoms with Gasteiger partial charge >= 0.3 is 0 Å². The van der Waals surface area contributed by atoms with Crippen molar-refractivity contribution in [3.8, 4) is 5.75 Å². The van der Waals surface area contributed by atoms with Gasteiger partial charge in [0.15, 0.2) is 8.32 Å². The van der Waals surface area contributed by atoms with Gasteiger partial charge in [-0.05, 0) is 53.5 Å². The van der Waals surface area contributed by atoms with E-state index in [1.807, 2.05) is 0 Å². The number of nitrogens with zero attached hydrogens (tertiary/aromatic N) is 2. The fraction of sp³-hybridized carbons (Fsp3) is 0.419. The molecule has 0 amide bonds. The molecular formula is C31H42N2O2Si. The molecule has 1 saturated heterocycles. The highest BCUT2D eigenvalue weighted by atomic mass is 28.4. The molecule has 1 heterocycles. The second-order valence-electron chi connectivity index (χ2n) is 11.4. The Balaban J connectivity index is 1.62. The molecular weight excluding hydrogens is 460 g/mol. The van der Waals surface area contributed by atoms with Crippen LogP contribution in [-0.2, 0) is 17.5 Å². The summed E-state index contributed by atoms with van der Waals surface area (Å²) >= 11 is 0. The first-order valence-electron chi connectivity index (χ1n) is 13.0. The highest BCUT2D eigenvalue weighted by Gasteiger charge is 2.45. The molecule has 2 atom stereocenters. The van der Waals surface area contributed by atoms with Gasteiger partial charge in [0.1, 0.15) is 5.75 Å². The Kier molecular flexibility index (Phi) is 8.23. The van der Waals surface area contributed by atoms with Crippen LogP contribution in [-0.4, -0.2) is 45.6 Å². The fourth-order valence-electron chi connectivity index (χ4n) is 4.45. The van der Waals surface area contributed by atoms with E-state index in [1.54, 1.807) is 7.11 Å². The lowest BCUT2D eigenvalue weighted by molar-refractivity contribution is 0.114.